The van der Waals surface area contributed by atoms with Crippen molar-refractivity contribution in [2.45, 2.75) is 51.9 Å². The Bertz CT molecular complexity index is 921. The van der Waals surface area contributed by atoms with Crippen molar-refractivity contribution in [3.8, 4) is 0 Å². The lowest BCUT2D eigenvalue weighted by atomic mass is 9.93. The van der Waals surface area contributed by atoms with Crippen molar-refractivity contribution < 1.29 is 0 Å². The lowest BCUT2D eigenvalue weighted by Crippen LogP contribution is -2.36. The van der Waals surface area contributed by atoms with E-state index in [2.05, 4.69) is 53.5 Å². The van der Waals surface area contributed by atoms with Crippen molar-refractivity contribution >= 4 is 5.78 Å². The van der Waals surface area contributed by atoms with Crippen LogP contribution in [0.3, 0.4) is 0 Å². The van der Waals surface area contributed by atoms with Gasteiger partial charge in [-0.3, -0.25) is 9.30 Å². The fourth-order valence-electron chi connectivity index (χ4n) is 4.74. The Morgan fingerprint density at radius 2 is 2.04 bits per heavy atom. The van der Waals surface area contributed by atoms with Crippen LogP contribution in [0.4, 0.5) is 0 Å². The smallest absolute Gasteiger partial charge is 0.233 e. The van der Waals surface area contributed by atoms with Gasteiger partial charge < -0.3 is 9.88 Å². The predicted octanol–water partition coefficient (Wildman–Crippen LogP) is 2.09. The second kappa shape index (κ2) is 6.73. The number of aromatic nitrogens is 5. The van der Waals surface area contributed by atoms with Crippen LogP contribution in [-0.2, 0) is 19.6 Å². The summed E-state index contributed by atoms with van der Waals surface area (Å²) in [5.74, 6) is 1.93. The average Bonchev–Trinajstić information content (AvgIpc) is 3.06. The van der Waals surface area contributed by atoms with Crippen LogP contribution in [0.2, 0.25) is 0 Å². The van der Waals surface area contributed by atoms with Gasteiger partial charge in [0.15, 0.2) is 0 Å². The van der Waals surface area contributed by atoms with E-state index in [9.17, 15) is 0 Å². The van der Waals surface area contributed by atoms with Gasteiger partial charge in [-0.25, -0.2) is 15.0 Å². The van der Waals surface area contributed by atoms with Crippen LogP contribution < -0.4 is 5.32 Å². The van der Waals surface area contributed by atoms with E-state index in [0.29, 0.717) is 11.5 Å². The van der Waals surface area contributed by atoms with Crippen LogP contribution in [0, 0.1) is 5.41 Å². The minimum atomic E-state index is 0.494. The number of fused-ring (bicyclic) bond motifs is 1. The normalized spacial score (nSPS) is 21.3. The number of hydrogen-bond acceptors (Lipinski definition) is 5. The van der Waals surface area contributed by atoms with Gasteiger partial charge in [-0.2, -0.15) is 0 Å². The summed E-state index contributed by atoms with van der Waals surface area (Å²) in [5.41, 5.74) is 1.69. The number of rotatable bonds is 6. The molecule has 2 aliphatic rings. The quantitative estimate of drug-likeness (QED) is 0.725. The molecule has 1 N–H and O–H groups in total. The maximum Gasteiger partial charge on any atom is 0.233 e. The molecule has 7 nitrogen and oxygen atoms in total. The number of nitrogens with one attached hydrogen (secondary N) is 1. The number of nitrogens with zero attached hydrogens (tertiary/aromatic N) is 6. The van der Waals surface area contributed by atoms with Crippen LogP contribution in [-0.4, -0.2) is 48.0 Å². The SMILES string of the molecule is CCn1ccnc1CN(Cc1cnc2ncccn12)[C@H]1CC12CCNCC2. The van der Waals surface area contributed by atoms with E-state index in [0.717, 1.165) is 44.3 Å². The molecule has 2 fully saturated rings. The third-order valence-electron chi connectivity index (χ3n) is 6.40. The first-order valence-electron chi connectivity index (χ1n) is 10.0. The fourth-order valence-corrected chi connectivity index (χ4v) is 4.74. The van der Waals surface area contributed by atoms with Crippen LogP contribution in [0.25, 0.3) is 5.78 Å². The Morgan fingerprint density at radius 3 is 2.89 bits per heavy atom. The minimum Gasteiger partial charge on any atom is -0.334 e. The van der Waals surface area contributed by atoms with Gasteiger partial charge in [0.1, 0.15) is 5.82 Å². The first kappa shape index (κ1) is 16.9. The highest BCUT2D eigenvalue weighted by Gasteiger charge is 2.56. The highest BCUT2D eigenvalue weighted by Crippen LogP contribution is 2.56. The number of hydrogen-bond donors (Lipinski definition) is 1. The van der Waals surface area contributed by atoms with Crippen LogP contribution in [0.15, 0.2) is 37.1 Å². The molecule has 0 unspecified atom stereocenters. The second-order valence-electron chi connectivity index (χ2n) is 7.91. The number of aryl methyl sites for hydroxylation is 1. The molecule has 0 radical (unpaired) electrons. The highest BCUT2D eigenvalue weighted by atomic mass is 15.3. The van der Waals surface area contributed by atoms with Crippen molar-refractivity contribution in [1.82, 2.24) is 34.1 Å². The van der Waals surface area contributed by atoms with Gasteiger partial charge in [-0.1, -0.05) is 0 Å². The second-order valence-corrected chi connectivity index (χ2v) is 7.91. The zero-order chi connectivity index (χ0) is 18.3. The van der Waals surface area contributed by atoms with E-state index in [4.69, 9.17) is 0 Å². The molecular weight excluding hydrogens is 338 g/mol. The van der Waals surface area contributed by atoms with Gasteiger partial charge in [0.2, 0.25) is 5.78 Å². The third kappa shape index (κ3) is 3.04. The standard InChI is InChI=1S/C20H27N7/c1-2-25-11-9-22-18(25)15-26(17-12-20(17)4-7-21-8-5-20)14-16-13-24-19-23-6-3-10-27(16)19/h3,6,9-11,13,17,21H,2,4-5,7-8,12,14-15H2,1H3/t17-/m0/s1. The fraction of sp³-hybridized carbons (Fsp3) is 0.550. The summed E-state index contributed by atoms with van der Waals surface area (Å²) in [4.78, 5) is 16.1. The van der Waals surface area contributed by atoms with Crippen molar-refractivity contribution in [2.75, 3.05) is 13.1 Å². The van der Waals surface area contributed by atoms with Gasteiger partial charge >= 0.3 is 0 Å². The molecule has 0 amide bonds. The molecule has 1 saturated carbocycles. The molecule has 3 aromatic rings. The molecule has 5 rings (SSSR count). The highest BCUT2D eigenvalue weighted by molar-refractivity contribution is 5.30. The molecule has 7 heteroatoms. The van der Waals surface area contributed by atoms with Crippen LogP contribution >= 0.6 is 0 Å². The van der Waals surface area contributed by atoms with Crippen molar-refractivity contribution in [3.63, 3.8) is 0 Å². The molecule has 1 aliphatic heterocycles. The summed E-state index contributed by atoms with van der Waals surface area (Å²) >= 11 is 0. The van der Waals surface area contributed by atoms with Crippen molar-refractivity contribution in [3.05, 3.63) is 48.6 Å². The molecule has 1 saturated heterocycles. The molecule has 27 heavy (non-hydrogen) atoms. The van der Waals surface area contributed by atoms with E-state index in [-0.39, 0.29) is 0 Å². The molecule has 0 bridgehead atoms. The summed E-state index contributed by atoms with van der Waals surface area (Å²) in [7, 11) is 0. The zero-order valence-electron chi connectivity index (χ0n) is 15.9. The summed E-state index contributed by atoms with van der Waals surface area (Å²) < 4.78 is 4.36. The largest absolute Gasteiger partial charge is 0.334 e. The Hall–Kier alpha value is -2.25. The summed E-state index contributed by atoms with van der Waals surface area (Å²) in [6, 6.07) is 2.60. The summed E-state index contributed by atoms with van der Waals surface area (Å²) in [6.45, 7) is 7.19. The third-order valence-corrected chi connectivity index (χ3v) is 6.40. The minimum absolute atomic E-state index is 0.494. The monoisotopic (exact) mass is 365 g/mol. The van der Waals surface area contributed by atoms with E-state index < -0.39 is 0 Å². The molecular formula is C20H27N7. The predicted molar refractivity (Wildman–Crippen MR) is 103 cm³/mol. The van der Waals surface area contributed by atoms with Crippen LogP contribution in [0.1, 0.15) is 37.7 Å². The first-order valence-corrected chi connectivity index (χ1v) is 10.0. The molecule has 4 heterocycles. The Kier molecular flexibility index (Phi) is 4.21. The topological polar surface area (TPSA) is 63.3 Å². The van der Waals surface area contributed by atoms with E-state index >= 15 is 0 Å². The van der Waals surface area contributed by atoms with Gasteiger partial charge in [0, 0.05) is 43.9 Å². The summed E-state index contributed by atoms with van der Waals surface area (Å²) in [5, 5.41) is 3.52. The maximum absolute atomic E-state index is 4.64. The molecule has 0 aromatic carbocycles. The van der Waals surface area contributed by atoms with Crippen molar-refractivity contribution in [1.29, 1.82) is 0 Å². The Balaban J connectivity index is 1.43. The Morgan fingerprint density at radius 1 is 1.15 bits per heavy atom. The van der Waals surface area contributed by atoms with Crippen LogP contribution in [0.5, 0.6) is 0 Å². The molecule has 142 valence electrons. The molecule has 1 atom stereocenters. The lowest BCUT2D eigenvalue weighted by molar-refractivity contribution is 0.180. The van der Waals surface area contributed by atoms with Gasteiger partial charge in [-0.15, -0.1) is 0 Å². The number of imidazole rings is 2. The zero-order valence-corrected chi connectivity index (χ0v) is 15.9. The van der Waals surface area contributed by atoms with Gasteiger partial charge in [0.25, 0.3) is 0 Å². The van der Waals surface area contributed by atoms with Crippen molar-refractivity contribution in [2.24, 2.45) is 5.41 Å². The number of piperidine rings is 1. The first-order chi connectivity index (χ1) is 13.3. The summed E-state index contributed by atoms with van der Waals surface area (Å²) in [6.07, 6.45) is 13.7. The van der Waals surface area contributed by atoms with E-state index in [1.807, 2.05) is 18.5 Å². The molecule has 1 spiro atoms. The average molecular weight is 365 g/mol. The Labute approximate surface area is 159 Å². The molecule has 3 aromatic heterocycles. The van der Waals surface area contributed by atoms with Gasteiger partial charge in [0.05, 0.1) is 18.4 Å². The van der Waals surface area contributed by atoms with Gasteiger partial charge in [-0.05, 0) is 50.8 Å². The molecule has 1 aliphatic carbocycles. The lowest BCUT2D eigenvalue weighted by Gasteiger charge is -2.29. The maximum atomic E-state index is 4.64. The van der Waals surface area contributed by atoms with E-state index in [1.54, 1.807) is 6.20 Å². The van der Waals surface area contributed by atoms with E-state index in [1.165, 1.54) is 25.0 Å².